The molecule has 0 aliphatic rings. The Kier molecular flexibility index (Phi) is 6.62. The average molecular weight is 389 g/mol. The first-order valence-electron chi connectivity index (χ1n) is 8.82. The van der Waals surface area contributed by atoms with Crippen molar-refractivity contribution in [3.8, 4) is 0 Å². The van der Waals surface area contributed by atoms with E-state index in [0.717, 1.165) is 22.4 Å². The molecule has 0 bridgehead atoms. The Morgan fingerprint density at radius 3 is 2.19 bits per heavy atom. The molecular weight excluding hydrogens is 360 g/mol. The van der Waals surface area contributed by atoms with Crippen molar-refractivity contribution >= 4 is 21.7 Å². The highest BCUT2D eigenvalue weighted by atomic mass is 32.2. The zero-order chi connectivity index (χ0) is 20.2. The molecule has 2 rings (SSSR count). The van der Waals surface area contributed by atoms with Crippen LogP contribution in [0.3, 0.4) is 0 Å². The molecule has 2 aromatic rings. The summed E-state index contributed by atoms with van der Waals surface area (Å²) in [5.74, 6) is 0.316. The summed E-state index contributed by atoms with van der Waals surface area (Å²) in [5, 5.41) is 3.08. The maximum atomic E-state index is 12.5. The van der Waals surface area contributed by atoms with Crippen molar-refractivity contribution in [1.29, 1.82) is 0 Å². The van der Waals surface area contributed by atoms with Crippen LogP contribution in [0.4, 0.5) is 5.69 Å². The minimum atomic E-state index is -3.47. The van der Waals surface area contributed by atoms with Gasteiger partial charge in [0.1, 0.15) is 0 Å². The largest absolute Gasteiger partial charge is 0.370 e. The number of nitrogens with one attached hydrogen (secondary N) is 1. The molecule has 0 aromatic heterocycles. The van der Waals surface area contributed by atoms with E-state index in [1.165, 1.54) is 4.31 Å². The van der Waals surface area contributed by atoms with Gasteiger partial charge < -0.3 is 11.1 Å². The van der Waals surface area contributed by atoms with Crippen LogP contribution in [0, 0.1) is 13.8 Å². The molecule has 7 heteroatoms. The normalized spacial score (nSPS) is 12.6. The van der Waals surface area contributed by atoms with Crippen LogP contribution in [0.15, 0.2) is 52.4 Å². The maximum absolute atomic E-state index is 12.5. The first-order valence-corrected chi connectivity index (χ1v) is 10.3. The Labute approximate surface area is 162 Å². The summed E-state index contributed by atoms with van der Waals surface area (Å²) in [7, 11) is -1.89. The summed E-state index contributed by atoms with van der Waals surface area (Å²) >= 11 is 0. The highest BCUT2D eigenvalue weighted by Gasteiger charge is 2.22. The van der Waals surface area contributed by atoms with Crippen molar-refractivity contribution < 1.29 is 8.42 Å². The van der Waals surface area contributed by atoms with E-state index >= 15 is 0 Å². The van der Waals surface area contributed by atoms with Gasteiger partial charge in [-0.3, -0.25) is 0 Å². The number of anilines is 1. The third-order valence-electron chi connectivity index (χ3n) is 4.25. The second-order valence-electron chi connectivity index (χ2n) is 6.96. The lowest BCUT2D eigenvalue weighted by atomic mass is 10.1. The van der Waals surface area contributed by atoms with Crippen molar-refractivity contribution in [2.75, 3.05) is 12.4 Å². The molecule has 2 aromatic carbocycles. The van der Waals surface area contributed by atoms with Gasteiger partial charge in [0, 0.05) is 18.8 Å². The van der Waals surface area contributed by atoms with Crippen LogP contribution >= 0.6 is 0 Å². The number of nitrogens with two attached hydrogens (primary N) is 1. The molecule has 0 spiro atoms. The lowest BCUT2D eigenvalue weighted by Gasteiger charge is -2.21. The summed E-state index contributed by atoms with van der Waals surface area (Å²) in [5.41, 5.74) is 10.0. The number of rotatable bonds is 6. The second kappa shape index (κ2) is 8.54. The van der Waals surface area contributed by atoms with Gasteiger partial charge >= 0.3 is 0 Å². The van der Waals surface area contributed by atoms with Gasteiger partial charge in [-0.2, -0.15) is 4.31 Å². The number of sulfonamides is 1. The SMILES string of the molecule is Cc1cc(C)cc(NC(N)=NCc2ccc(S(=O)(=O)N(C)C(C)C)cc2)c1. The summed E-state index contributed by atoms with van der Waals surface area (Å²) in [6.07, 6.45) is 0. The molecule has 0 aliphatic carbocycles. The lowest BCUT2D eigenvalue weighted by Crippen LogP contribution is -2.33. The van der Waals surface area contributed by atoms with Crippen molar-refractivity contribution in [2.45, 2.75) is 45.2 Å². The van der Waals surface area contributed by atoms with Gasteiger partial charge in [0.25, 0.3) is 0 Å². The number of nitrogens with zero attached hydrogens (tertiary/aromatic N) is 2. The summed E-state index contributed by atoms with van der Waals surface area (Å²) in [4.78, 5) is 4.60. The third kappa shape index (κ3) is 5.55. The van der Waals surface area contributed by atoms with E-state index in [2.05, 4.69) is 16.4 Å². The predicted molar refractivity (Wildman–Crippen MR) is 111 cm³/mol. The predicted octanol–water partition coefficient (Wildman–Crippen LogP) is 3.26. The van der Waals surface area contributed by atoms with Crippen molar-refractivity contribution in [3.05, 3.63) is 59.2 Å². The molecule has 6 nitrogen and oxygen atoms in total. The van der Waals surface area contributed by atoms with E-state index in [1.54, 1.807) is 31.3 Å². The number of hydrogen-bond donors (Lipinski definition) is 2. The zero-order valence-electron chi connectivity index (χ0n) is 16.5. The van der Waals surface area contributed by atoms with Crippen LogP contribution in [-0.4, -0.2) is 31.8 Å². The minimum Gasteiger partial charge on any atom is -0.370 e. The van der Waals surface area contributed by atoms with E-state index < -0.39 is 10.0 Å². The lowest BCUT2D eigenvalue weighted by molar-refractivity contribution is 0.410. The molecular formula is C20H28N4O2S. The molecule has 0 amide bonds. The molecule has 0 saturated heterocycles. The van der Waals surface area contributed by atoms with Gasteiger partial charge in [-0.1, -0.05) is 18.2 Å². The van der Waals surface area contributed by atoms with E-state index in [4.69, 9.17) is 5.73 Å². The average Bonchev–Trinajstić information content (AvgIpc) is 2.58. The zero-order valence-corrected chi connectivity index (χ0v) is 17.3. The second-order valence-corrected chi connectivity index (χ2v) is 8.96. The van der Waals surface area contributed by atoms with Crippen LogP contribution < -0.4 is 11.1 Å². The van der Waals surface area contributed by atoms with Gasteiger partial charge in [0.05, 0.1) is 11.4 Å². The molecule has 0 unspecified atom stereocenters. The van der Waals surface area contributed by atoms with Crippen molar-refractivity contribution in [2.24, 2.45) is 10.7 Å². The Balaban J connectivity index is 2.06. The summed E-state index contributed by atoms with van der Waals surface area (Å²) in [6.45, 7) is 8.10. The fourth-order valence-electron chi connectivity index (χ4n) is 2.62. The minimum absolute atomic E-state index is 0.101. The number of aliphatic imine (C=N–C) groups is 1. The third-order valence-corrected chi connectivity index (χ3v) is 6.30. The van der Waals surface area contributed by atoms with Crippen LogP contribution in [0.1, 0.15) is 30.5 Å². The van der Waals surface area contributed by atoms with Crippen LogP contribution in [0.25, 0.3) is 0 Å². The molecule has 0 radical (unpaired) electrons. The number of guanidine groups is 1. The first kappa shape index (κ1) is 20.9. The molecule has 0 saturated carbocycles. The Morgan fingerprint density at radius 2 is 1.67 bits per heavy atom. The molecule has 0 fully saturated rings. The number of hydrogen-bond acceptors (Lipinski definition) is 3. The Bertz CT molecular complexity index is 899. The molecule has 0 aliphatic heterocycles. The van der Waals surface area contributed by atoms with E-state index in [1.807, 2.05) is 39.8 Å². The smallest absolute Gasteiger partial charge is 0.243 e. The van der Waals surface area contributed by atoms with Gasteiger partial charge in [-0.15, -0.1) is 0 Å². The maximum Gasteiger partial charge on any atom is 0.243 e. The van der Waals surface area contributed by atoms with E-state index in [-0.39, 0.29) is 10.9 Å². The fraction of sp³-hybridized carbons (Fsp3) is 0.350. The Morgan fingerprint density at radius 1 is 1.11 bits per heavy atom. The first-order chi connectivity index (χ1) is 12.6. The van der Waals surface area contributed by atoms with Crippen LogP contribution in [0.2, 0.25) is 0 Å². The Hall–Kier alpha value is -2.38. The van der Waals surface area contributed by atoms with Gasteiger partial charge in [0.15, 0.2) is 5.96 Å². The summed E-state index contributed by atoms with van der Waals surface area (Å²) < 4.78 is 26.3. The molecule has 0 heterocycles. The quantitative estimate of drug-likeness (QED) is 0.587. The van der Waals surface area contributed by atoms with E-state index in [0.29, 0.717) is 12.5 Å². The van der Waals surface area contributed by atoms with Crippen LogP contribution in [-0.2, 0) is 16.6 Å². The summed E-state index contributed by atoms with van der Waals surface area (Å²) in [6, 6.07) is 12.7. The molecule has 0 atom stereocenters. The van der Waals surface area contributed by atoms with Crippen molar-refractivity contribution in [3.63, 3.8) is 0 Å². The van der Waals surface area contributed by atoms with Crippen molar-refractivity contribution in [1.82, 2.24) is 4.31 Å². The number of aryl methyl sites for hydroxylation is 2. The van der Waals surface area contributed by atoms with Gasteiger partial charge in [-0.25, -0.2) is 13.4 Å². The van der Waals surface area contributed by atoms with Crippen LogP contribution in [0.5, 0.6) is 0 Å². The standard InChI is InChI=1S/C20H28N4O2S/c1-14(2)24(5)27(25,26)19-8-6-17(7-9-19)13-22-20(21)23-18-11-15(3)10-16(4)12-18/h6-12,14H,13H2,1-5H3,(H3,21,22,23). The topological polar surface area (TPSA) is 87.8 Å². The monoisotopic (exact) mass is 388 g/mol. The van der Waals surface area contributed by atoms with Gasteiger partial charge in [-0.05, 0) is 68.7 Å². The highest BCUT2D eigenvalue weighted by molar-refractivity contribution is 7.89. The van der Waals surface area contributed by atoms with Gasteiger partial charge in [0.2, 0.25) is 10.0 Å². The molecule has 3 N–H and O–H groups in total. The molecule has 27 heavy (non-hydrogen) atoms. The highest BCUT2D eigenvalue weighted by Crippen LogP contribution is 2.18. The van der Waals surface area contributed by atoms with E-state index in [9.17, 15) is 8.42 Å². The number of benzene rings is 2. The fourth-order valence-corrected chi connectivity index (χ4v) is 3.99. The molecule has 146 valence electrons.